The van der Waals surface area contributed by atoms with Crippen LogP contribution >= 0.6 is 0 Å². The lowest BCUT2D eigenvalue weighted by molar-refractivity contribution is 0.0851. The lowest BCUT2D eigenvalue weighted by Gasteiger charge is -2.38. The summed E-state index contributed by atoms with van der Waals surface area (Å²) in [5.41, 5.74) is 0.652. The van der Waals surface area contributed by atoms with Crippen LogP contribution in [0, 0.1) is 12.7 Å². The predicted molar refractivity (Wildman–Crippen MR) is 73.7 cm³/mol. The molecule has 0 saturated carbocycles. The fourth-order valence-corrected chi connectivity index (χ4v) is 2.43. The number of hydrogen-bond acceptors (Lipinski definition) is 2. The van der Waals surface area contributed by atoms with Gasteiger partial charge in [0.05, 0.1) is 0 Å². The smallest absolute Gasteiger partial charge is 0.252 e. The summed E-state index contributed by atoms with van der Waals surface area (Å²) < 4.78 is 13.5. The summed E-state index contributed by atoms with van der Waals surface area (Å²) in [4.78, 5) is 14.5. The zero-order chi connectivity index (χ0) is 14.0. The maximum atomic E-state index is 13.5. The van der Waals surface area contributed by atoms with Gasteiger partial charge in [-0.05, 0) is 51.4 Å². The van der Waals surface area contributed by atoms with E-state index >= 15 is 0 Å². The molecule has 0 spiro atoms. The van der Waals surface area contributed by atoms with Crippen molar-refractivity contribution in [3.8, 4) is 0 Å². The topological polar surface area (TPSA) is 32.3 Å². The van der Waals surface area contributed by atoms with Crippen LogP contribution in [0.25, 0.3) is 0 Å². The number of hydrogen-bond donors (Lipinski definition) is 1. The highest BCUT2D eigenvalue weighted by Crippen LogP contribution is 2.22. The van der Waals surface area contributed by atoms with Gasteiger partial charge in [0.1, 0.15) is 5.82 Å². The zero-order valence-corrected chi connectivity index (χ0v) is 11.8. The third-order valence-corrected chi connectivity index (χ3v) is 4.02. The first-order valence-corrected chi connectivity index (χ1v) is 6.67. The Kier molecular flexibility index (Phi) is 3.90. The third-order valence-electron chi connectivity index (χ3n) is 4.02. The Bertz CT molecular complexity index is 479. The van der Waals surface area contributed by atoms with Crippen LogP contribution in [0.2, 0.25) is 0 Å². The highest BCUT2D eigenvalue weighted by molar-refractivity contribution is 5.96. The summed E-state index contributed by atoms with van der Waals surface area (Å²) in [6, 6.07) is 4.63. The van der Waals surface area contributed by atoms with Crippen molar-refractivity contribution in [1.82, 2.24) is 10.2 Å². The van der Waals surface area contributed by atoms with Gasteiger partial charge < -0.3 is 10.2 Å². The lowest BCUT2D eigenvalue weighted by atomic mass is 9.89. The molecule has 3 nitrogen and oxygen atoms in total. The highest BCUT2D eigenvalue weighted by Gasteiger charge is 2.31. The molecule has 1 saturated heterocycles. The minimum atomic E-state index is -0.332. The van der Waals surface area contributed by atoms with Crippen LogP contribution in [-0.2, 0) is 0 Å². The number of carbonyl (C=O) groups is 1. The lowest BCUT2D eigenvalue weighted by Crippen LogP contribution is -2.52. The average molecular weight is 264 g/mol. The van der Waals surface area contributed by atoms with E-state index in [1.54, 1.807) is 19.1 Å². The van der Waals surface area contributed by atoms with Gasteiger partial charge in [-0.25, -0.2) is 4.39 Å². The molecule has 2 rings (SSSR count). The molecule has 0 aliphatic carbocycles. The fourth-order valence-electron chi connectivity index (χ4n) is 2.43. The van der Waals surface area contributed by atoms with Crippen molar-refractivity contribution in [3.05, 3.63) is 35.1 Å². The number of rotatable bonds is 2. The molecular weight excluding hydrogens is 243 g/mol. The molecule has 0 radical (unpaired) electrons. The second-order valence-electron chi connectivity index (χ2n) is 5.73. The molecule has 1 amide bonds. The standard InChI is InChI=1S/C15H21FN2O/c1-11-12(5-4-6-13(11)16)14(19)17-15(2)7-9-18(3)10-8-15/h4-6H,7-10H2,1-3H3,(H,17,19). The second-order valence-corrected chi connectivity index (χ2v) is 5.73. The maximum absolute atomic E-state index is 13.5. The minimum Gasteiger partial charge on any atom is -0.347 e. The van der Waals surface area contributed by atoms with Crippen LogP contribution in [0.4, 0.5) is 4.39 Å². The van der Waals surface area contributed by atoms with E-state index in [1.807, 2.05) is 0 Å². The first kappa shape index (κ1) is 14.0. The van der Waals surface area contributed by atoms with Crippen molar-refractivity contribution in [1.29, 1.82) is 0 Å². The van der Waals surface area contributed by atoms with Crippen molar-refractivity contribution in [2.75, 3.05) is 20.1 Å². The molecule has 1 heterocycles. The fraction of sp³-hybridized carbons (Fsp3) is 0.533. The summed E-state index contributed by atoms with van der Waals surface area (Å²) in [5, 5.41) is 3.07. The van der Waals surface area contributed by atoms with Gasteiger partial charge in [-0.1, -0.05) is 6.07 Å². The Labute approximate surface area is 113 Å². The molecule has 4 heteroatoms. The second kappa shape index (κ2) is 5.29. The first-order chi connectivity index (χ1) is 8.91. The summed E-state index contributed by atoms with van der Waals surface area (Å²) in [6.45, 7) is 5.64. The maximum Gasteiger partial charge on any atom is 0.252 e. The zero-order valence-electron chi connectivity index (χ0n) is 11.8. The number of likely N-dealkylation sites (tertiary alicyclic amines) is 1. The van der Waals surface area contributed by atoms with Gasteiger partial charge in [-0.15, -0.1) is 0 Å². The number of carbonyl (C=O) groups excluding carboxylic acids is 1. The van der Waals surface area contributed by atoms with E-state index in [1.165, 1.54) is 6.07 Å². The van der Waals surface area contributed by atoms with E-state index in [2.05, 4.69) is 24.2 Å². The van der Waals surface area contributed by atoms with E-state index < -0.39 is 0 Å². The van der Waals surface area contributed by atoms with E-state index in [-0.39, 0.29) is 17.3 Å². The Morgan fingerprint density at radius 3 is 2.63 bits per heavy atom. The summed E-state index contributed by atoms with van der Waals surface area (Å²) in [7, 11) is 2.08. The number of piperidine rings is 1. The number of amides is 1. The summed E-state index contributed by atoms with van der Waals surface area (Å²) >= 11 is 0. The molecule has 19 heavy (non-hydrogen) atoms. The summed E-state index contributed by atoms with van der Waals surface area (Å²) in [6.07, 6.45) is 1.84. The van der Waals surface area contributed by atoms with Crippen molar-refractivity contribution < 1.29 is 9.18 Å². The minimum absolute atomic E-state index is 0.177. The molecule has 1 aliphatic rings. The van der Waals surface area contributed by atoms with Crippen molar-refractivity contribution in [2.45, 2.75) is 32.2 Å². The Morgan fingerprint density at radius 2 is 2.00 bits per heavy atom. The monoisotopic (exact) mass is 264 g/mol. The van der Waals surface area contributed by atoms with Gasteiger partial charge in [0, 0.05) is 24.2 Å². The normalized spacial score (nSPS) is 19.2. The van der Waals surface area contributed by atoms with Crippen LogP contribution in [0.1, 0.15) is 35.7 Å². The van der Waals surface area contributed by atoms with Crippen LogP contribution in [0.5, 0.6) is 0 Å². The SMILES string of the molecule is Cc1c(F)cccc1C(=O)NC1(C)CCN(C)CC1. The van der Waals surface area contributed by atoms with Crippen LogP contribution in [0.15, 0.2) is 18.2 Å². The molecule has 1 aliphatic heterocycles. The first-order valence-electron chi connectivity index (χ1n) is 6.67. The van der Waals surface area contributed by atoms with Crippen LogP contribution in [0.3, 0.4) is 0 Å². The molecule has 1 aromatic rings. The van der Waals surface area contributed by atoms with Gasteiger partial charge >= 0.3 is 0 Å². The van der Waals surface area contributed by atoms with Gasteiger partial charge in [0.25, 0.3) is 5.91 Å². The third kappa shape index (κ3) is 3.13. The Balaban J connectivity index is 2.11. The molecule has 0 aromatic heterocycles. The number of nitrogens with one attached hydrogen (secondary N) is 1. The van der Waals surface area contributed by atoms with Gasteiger partial charge in [0.15, 0.2) is 0 Å². The van der Waals surface area contributed by atoms with Crippen LogP contribution < -0.4 is 5.32 Å². The molecule has 104 valence electrons. The molecule has 0 bridgehead atoms. The molecule has 0 unspecified atom stereocenters. The largest absolute Gasteiger partial charge is 0.347 e. The van der Waals surface area contributed by atoms with Crippen LogP contribution in [-0.4, -0.2) is 36.5 Å². The van der Waals surface area contributed by atoms with E-state index in [0.717, 1.165) is 25.9 Å². The van der Waals surface area contributed by atoms with E-state index in [9.17, 15) is 9.18 Å². The number of halogens is 1. The molecular formula is C15H21FN2O. The Hall–Kier alpha value is -1.42. The predicted octanol–water partition coefficient (Wildman–Crippen LogP) is 2.35. The summed E-state index contributed by atoms with van der Waals surface area (Å²) in [5.74, 6) is -0.509. The molecule has 1 aromatic carbocycles. The molecule has 1 N–H and O–H groups in total. The van der Waals surface area contributed by atoms with Crippen molar-refractivity contribution in [3.63, 3.8) is 0 Å². The molecule has 0 atom stereocenters. The number of nitrogens with zero attached hydrogens (tertiary/aromatic N) is 1. The number of benzene rings is 1. The van der Waals surface area contributed by atoms with Gasteiger partial charge in [-0.3, -0.25) is 4.79 Å². The quantitative estimate of drug-likeness (QED) is 0.889. The van der Waals surface area contributed by atoms with Crippen molar-refractivity contribution >= 4 is 5.91 Å². The molecule has 1 fully saturated rings. The van der Waals surface area contributed by atoms with Crippen molar-refractivity contribution in [2.24, 2.45) is 0 Å². The van der Waals surface area contributed by atoms with E-state index in [0.29, 0.717) is 11.1 Å². The Morgan fingerprint density at radius 1 is 1.37 bits per heavy atom. The highest BCUT2D eigenvalue weighted by atomic mass is 19.1. The van der Waals surface area contributed by atoms with E-state index in [4.69, 9.17) is 0 Å². The van der Waals surface area contributed by atoms with Gasteiger partial charge in [-0.2, -0.15) is 0 Å². The average Bonchev–Trinajstić information content (AvgIpc) is 2.36. The van der Waals surface area contributed by atoms with Gasteiger partial charge in [0.2, 0.25) is 0 Å².